The summed E-state index contributed by atoms with van der Waals surface area (Å²) in [5.41, 5.74) is 7.93. The standard InChI is InChI=1S/C25H20FN3O/c1-16-7-9-18(10-8-16)17(2)28-29-25(30)22-15-24(19-11-13-20(26)14-12-19)27-23-6-4-3-5-21(22)23/h3-15H,1-2H3,(H,29,30)/b28-17-. The maximum absolute atomic E-state index is 13.3. The third-order valence-corrected chi connectivity index (χ3v) is 4.90. The number of para-hydroxylation sites is 1. The van der Waals surface area contributed by atoms with E-state index < -0.39 is 0 Å². The Hall–Kier alpha value is -3.86. The number of rotatable bonds is 4. The summed E-state index contributed by atoms with van der Waals surface area (Å²) in [4.78, 5) is 17.6. The van der Waals surface area contributed by atoms with Crippen molar-refractivity contribution in [1.29, 1.82) is 0 Å². The molecular formula is C25H20FN3O. The summed E-state index contributed by atoms with van der Waals surface area (Å²) in [5, 5.41) is 4.99. The van der Waals surface area contributed by atoms with Crippen molar-refractivity contribution in [2.24, 2.45) is 5.10 Å². The first-order valence-corrected chi connectivity index (χ1v) is 9.58. The predicted molar refractivity (Wildman–Crippen MR) is 118 cm³/mol. The number of pyridine rings is 1. The Kier molecular flexibility index (Phi) is 5.35. The molecule has 4 aromatic rings. The quantitative estimate of drug-likeness (QED) is 0.365. The zero-order valence-electron chi connectivity index (χ0n) is 16.7. The SMILES string of the molecule is C/C(=N/NC(=O)c1cc(-c2ccc(F)cc2)nc2ccccc12)c1ccc(C)cc1. The van der Waals surface area contributed by atoms with E-state index in [1.165, 1.54) is 12.1 Å². The van der Waals surface area contributed by atoms with Crippen LogP contribution in [-0.2, 0) is 0 Å². The number of amides is 1. The first kappa shape index (κ1) is 19.5. The van der Waals surface area contributed by atoms with Crippen molar-refractivity contribution in [3.05, 3.63) is 101 Å². The van der Waals surface area contributed by atoms with Crippen LogP contribution in [0.5, 0.6) is 0 Å². The van der Waals surface area contributed by atoms with Crippen LogP contribution in [0.15, 0.2) is 84.0 Å². The lowest BCUT2D eigenvalue weighted by Crippen LogP contribution is -2.20. The van der Waals surface area contributed by atoms with Crippen molar-refractivity contribution in [3.63, 3.8) is 0 Å². The molecule has 0 atom stereocenters. The van der Waals surface area contributed by atoms with Crippen LogP contribution in [0, 0.1) is 12.7 Å². The van der Waals surface area contributed by atoms with Gasteiger partial charge in [-0.2, -0.15) is 5.10 Å². The Labute approximate surface area is 174 Å². The average Bonchev–Trinajstić information content (AvgIpc) is 2.77. The highest BCUT2D eigenvalue weighted by molar-refractivity contribution is 6.08. The molecule has 0 unspecified atom stereocenters. The summed E-state index contributed by atoms with van der Waals surface area (Å²) in [6, 6.07) is 23.1. The van der Waals surface area contributed by atoms with E-state index in [1.807, 2.05) is 62.4 Å². The van der Waals surface area contributed by atoms with Gasteiger partial charge in [0.1, 0.15) is 5.82 Å². The van der Waals surface area contributed by atoms with Crippen LogP contribution in [0.3, 0.4) is 0 Å². The molecule has 4 nitrogen and oxygen atoms in total. The van der Waals surface area contributed by atoms with Crippen LogP contribution < -0.4 is 5.43 Å². The summed E-state index contributed by atoms with van der Waals surface area (Å²) >= 11 is 0. The van der Waals surface area contributed by atoms with Gasteiger partial charge in [-0.1, -0.05) is 48.0 Å². The van der Waals surface area contributed by atoms with E-state index in [9.17, 15) is 9.18 Å². The molecule has 1 amide bonds. The summed E-state index contributed by atoms with van der Waals surface area (Å²) in [7, 11) is 0. The number of hydrazone groups is 1. The van der Waals surface area contributed by atoms with Crippen molar-refractivity contribution in [3.8, 4) is 11.3 Å². The molecule has 0 bridgehead atoms. The molecule has 30 heavy (non-hydrogen) atoms. The number of benzene rings is 3. The number of fused-ring (bicyclic) bond motifs is 1. The molecule has 0 saturated carbocycles. The summed E-state index contributed by atoms with van der Waals surface area (Å²) in [5.74, 6) is -0.651. The van der Waals surface area contributed by atoms with Crippen LogP contribution in [0.4, 0.5) is 4.39 Å². The van der Waals surface area contributed by atoms with Crippen LogP contribution in [0.1, 0.15) is 28.4 Å². The van der Waals surface area contributed by atoms with Gasteiger partial charge >= 0.3 is 0 Å². The van der Waals surface area contributed by atoms with E-state index in [0.29, 0.717) is 22.5 Å². The number of hydrogen-bond acceptors (Lipinski definition) is 3. The Bertz CT molecular complexity index is 1250. The molecule has 4 rings (SSSR count). The minimum absolute atomic E-state index is 0.321. The molecule has 0 spiro atoms. The van der Waals surface area contributed by atoms with E-state index in [-0.39, 0.29) is 11.7 Å². The van der Waals surface area contributed by atoms with E-state index in [2.05, 4.69) is 15.5 Å². The highest BCUT2D eigenvalue weighted by atomic mass is 19.1. The number of hydrogen-bond donors (Lipinski definition) is 1. The molecule has 0 radical (unpaired) electrons. The van der Waals surface area contributed by atoms with Gasteiger partial charge in [0.2, 0.25) is 0 Å². The Morgan fingerprint density at radius 1 is 0.967 bits per heavy atom. The molecular weight excluding hydrogens is 377 g/mol. The van der Waals surface area contributed by atoms with Crippen molar-refractivity contribution in [1.82, 2.24) is 10.4 Å². The molecule has 0 aliphatic carbocycles. The second kappa shape index (κ2) is 8.25. The van der Waals surface area contributed by atoms with Crippen molar-refractivity contribution in [2.75, 3.05) is 0 Å². The van der Waals surface area contributed by atoms with Gasteiger partial charge in [-0.15, -0.1) is 0 Å². The van der Waals surface area contributed by atoms with Crippen LogP contribution in [-0.4, -0.2) is 16.6 Å². The Morgan fingerprint density at radius 3 is 2.40 bits per heavy atom. The van der Waals surface area contributed by atoms with Gasteiger partial charge in [0.15, 0.2) is 0 Å². The van der Waals surface area contributed by atoms with E-state index in [0.717, 1.165) is 22.1 Å². The number of aromatic nitrogens is 1. The second-order valence-electron chi connectivity index (χ2n) is 7.08. The second-order valence-corrected chi connectivity index (χ2v) is 7.08. The fourth-order valence-electron chi connectivity index (χ4n) is 3.19. The third kappa shape index (κ3) is 4.10. The molecule has 5 heteroatoms. The molecule has 0 saturated heterocycles. The molecule has 3 aromatic carbocycles. The number of carbonyl (C=O) groups excluding carboxylic acids is 1. The Morgan fingerprint density at radius 2 is 1.67 bits per heavy atom. The first-order valence-electron chi connectivity index (χ1n) is 9.58. The lowest BCUT2D eigenvalue weighted by atomic mass is 10.0. The smallest absolute Gasteiger partial charge is 0.267 e. The summed E-state index contributed by atoms with van der Waals surface area (Å²) < 4.78 is 13.3. The zero-order chi connectivity index (χ0) is 21.1. The van der Waals surface area contributed by atoms with E-state index in [4.69, 9.17) is 0 Å². The molecule has 1 heterocycles. The molecule has 1 N–H and O–H groups in total. The minimum Gasteiger partial charge on any atom is -0.267 e. The maximum Gasteiger partial charge on any atom is 0.272 e. The van der Waals surface area contributed by atoms with Crippen molar-refractivity contribution >= 4 is 22.5 Å². The Balaban J connectivity index is 1.70. The van der Waals surface area contributed by atoms with Crippen LogP contribution >= 0.6 is 0 Å². The van der Waals surface area contributed by atoms with Gasteiger partial charge in [0, 0.05) is 10.9 Å². The molecule has 0 aliphatic heterocycles. The highest BCUT2D eigenvalue weighted by Crippen LogP contribution is 2.25. The molecule has 1 aromatic heterocycles. The third-order valence-electron chi connectivity index (χ3n) is 4.90. The molecule has 0 aliphatic rings. The number of aryl methyl sites for hydroxylation is 1. The number of halogens is 1. The van der Waals surface area contributed by atoms with E-state index in [1.54, 1.807) is 18.2 Å². The van der Waals surface area contributed by atoms with Crippen molar-refractivity contribution in [2.45, 2.75) is 13.8 Å². The van der Waals surface area contributed by atoms with Gasteiger partial charge in [0.25, 0.3) is 5.91 Å². The lowest BCUT2D eigenvalue weighted by molar-refractivity contribution is 0.0956. The van der Waals surface area contributed by atoms with E-state index >= 15 is 0 Å². The molecule has 0 fully saturated rings. The lowest BCUT2D eigenvalue weighted by Gasteiger charge is -2.09. The number of nitrogens with one attached hydrogen (secondary N) is 1. The predicted octanol–water partition coefficient (Wildman–Crippen LogP) is 5.50. The fraction of sp³-hybridized carbons (Fsp3) is 0.0800. The number of carbonyl (C=O) groups is 1. The monoisotopic (exact) mass is 397 g/mol. The van der Waals surface area contributed by atoms with Gasteiger partial charge in [-0.3, -0.25) is 4.79 Å². The summed E-state index contributed by atoms with van der Waals surface area (Å²) in [6.07, 6.45) is 0. The van der Waals surface area contributed by atoms with Gasteiger partial charge in [-0.05, 0) is 55.8 Å². The van der Waals surface area contributed by atoms with Crippen LogP contribution in [0.2, 0.25) is 0 Å². The maximum atomic E-state index is 13.3. The van der Waals surface area contributed by atoms with Crippen LogP contribution in [0.25, 0.3) is 22.2 Å². The van der Waals surface area contributed by atoms with Gasteiger partial charge in [0.05, 0.1) is 22.5 Å². The van der Waals surface area contributed by atoms with Gasteiger partial charge < -0.3 is 0 Å². The summed E-state index contributed by atoms with van der Waals surface area (Å²) in [6.45, 7) is 3.87. The van der Waals surface area contributed by atoms with Crippen molar-refractivity contribution < 1.29 is 9.18 Å². The van der Waals surface area contributed by atoms with Gasteiger partial charge in [-0.25, -0.2) is 14.8 Å². The molecule has 148 valence electrons. The fourth-order valence-corrected chi connectivity index (χ4v) is 3.19. The first-order chi connectivity index (χ1) is 14.5. The average molecular weight is 397 g/mol. The zero-order valence-corrected chi connectivity index (χ0v) is 16.7. The largest absolute Gasteiger partial charge is 0.272 e. The highest BCUT2D eigenvalue weighted by Gasteiger charge is 2.14. The topological polar surface area (TPSA) is 54.4 Å². The number of nitrogens with zero attached hydrogens (tertiary/aromatic N) is 2. The minimum atomic E-state index is -0.330. The normalized spacial score (nSPS) is 11.5.